The quantitative estimate of drug-likeness (QED) is 0.300. The van der Waals surface area contributed by atoms with Crippen molar-refractivity contribution in [3.8, 4) is 28.4 Å². The molecule has 0 radical (unpaired) electrons. The van der Waals surface area contributed by atoms with Crippen LogP contribution in [0.3, 0.4) is 0 Å². The smallest absolute Gasteiger partial charge is 0.242 e. The Labute approximate surface area is 266 Å². The van der Waals surface area contributed by atoms with Gasteiger partial charge in [-0.25, -0.2) is 4.68 Å². The number of hydrogen-bond donors (Lipinski definition) is 0. The van der Waals surface area contributed by atoms with Gasteiger partial charge >= 0.3 is 0 Å². The second kappa shape index (κ2) is 13.1. The van der Waals surface area contributed by atoms with Crippen LogP contribution < -0.4 is 14.4 Å². The second-order valence-corrected chi connectivity index (χ2v) is 12.0. The van der Waals surface area contributed by atoms with Gasteiger partial charge < -0.3 is 19.3 Å². The molecule has 1 aromatic heterocycles. The molecule has 6 rings (SSSR count). The average Bonchev–Trinajstić information content (AvgIpc) is 3.41. The maximum Gasteiger partial charge on any atom is 0.242 e. The van der Waals surface area contributed by atoms with Gasteiger partial charge in [-0.15, -0.1) is 11.8 Å². The number of aromatic nitrogens is 2. The van der Waals surface area contributed by atoms with Crippen LogP contribution in [0.2, 0.25) is 0 Å². The number of fused-ring (bicyclic) bond motifs is 1. The van der Waals surface area contributed by atoms with Crippen molar-refractivity contribution in [2.45, 2.75) is 12.2 Å². The van der Waals surface area contributed by atoms with E-state index in [1.165, 1.54) is 18.7 Å². The van der Waals surface area contributed by atoms with Crippen molar-refractivity contribution in [1.82, 2.24) is 19.6 Å². The largest absolute Gasteiger partial charge is 0.497 e. The van der Waals surface area contributed by atoms with Crippen molar-refractivity contribution >= 4 is 35.3 Å². The van der Waals surface area contributed by atoms with Crippen molar-refractivity contribution in [2.75, 3.05) is 57.6 Å². The number of ether oxygens (including phenoxy) is 2. The molecule has 10 nitrogen and oxygen atoms in total. The summed E-state index contributed by atoms with van der Waals surface area (Å²) in [5, 5.41) is 4.84. The molecule has 0 bridgehead atoms. The van der Waals surface area contributed by atoms with Gasteiger partial charge in [-0.2, -0.15) is 5.10 Å². The summed E-state index contributed by atoms with van der Waals surface area (Å²) >= 11 is 1.50. The molecule has 11 heteroatoms. The summed E-state index contributed by atoms with van der Waals surface area (Å²) in [7, 11) is 3.25. The first-order valence-corrected chi connectivity index (χ1v) is 15.9. The van der Waals surface area contributed by atoms with Crippen LogP contribution in [0, 0.1) is 0 Å². The lowest BCUT2D eigenvalue weighted by molar-refractivity contribution is -0.137. The average molecular weight is 626 g/mol. The number of amides is 3. The van der Waals surface area contributed by atoms with Crippen molar-refractivity contribution in [2.24, 2.45) is 0 Å². The zero-order valence-electron chi connectivity index (χ0n) is 25.5. The van der Waals surface area contributed by atoms with Crippen LogP contribution in [0.25, 0.3) is 16.9 Å². The fourth-order valence-electron chi connectivity index (χ4n) is 5.87. The Bertz CT molecular complexity index is 1700. The number of benzene rings is 3. The SMILES string of the molecule is COc1ccc(-n2nc(-c3ccccc3)c3c2N(CC(=O)N2CCN(C(C)=O)CC2)C(=O)CS[C@@H]3c2ccccc2OC)cc1. The summed E-state index contributed by atoms with van der Waals surface area (Å²) in [4.78, 5) is 44.8. The van der Waals surface area contributed by atoms with Crippen LogP contribution in [0.1, 0.15) is 23.3 Å². The molecule has 0 aliphatic carbocycles. The monoisotopic (exact) mass is 625 g/mol. The van der Waals surface area contributed by atoms with E-state index in [1.807, 2.05) is 78.9 Å². The lowest BCUT2D eigenvalue weighted by Gasteiger charge is -2.35. The maximum absolute atomic E-state index is 14.1. The third-order valence-electron chi connectivity index (χ3n) is 8.25. The topological polar surface area (TPSA) is 97.2 Å². The molecule has 3 heterocycles. The molecule has 2 aliphatic rings. The van der Waals surface area contributed by atoms with E-state index in [0.29, 0.717) is 49.2 Å². The molecule has 1 saturated heterocycles. The van der Waals surface area contributed by atoms with E-state index in [9.17, 15) is 14.4 Å². The van der Waals surface area contributed by atoms with Gasteiger partial charge in [0, 0.05) is 49.8 Å². The number of para-hydroxylation sites is 1. The number of nitrogens with zero attached hydrogens (tertiary/aromatic N) is 5. The molecule has 2 aliphatic heterocycles. The Kier molecular flexibility index (Phi) is 8.79. The van der Waals surface area contributed by atoms with Crippen LogP contribution >= 0.6 is 11.8 Å². The number of rotatable bonds is 7. The Morgan fingerprint density at radius 2 is 1.53 bits per heavy atom. The summed E-state index contributed by atoms with van der Waals surface area (Å²) < 4.78 is 13.0. The van der Waals surface area contributed by atoms with Gasteiger partial charge in [0.15, 0.2) is 0 Å². The van der Waals surface area contributed by atoms with Crippen LogP contribution in [0.4, 0.5) is 5.82 Å². The molecule has 1 fully saturated rings. The number of methoxy groups -OCH3 is 2. The molecule has 0 saturated carbocycles. The van der Waals surface area contributed by atoms with Gasteiger partial charge in [-0.05, 0) is 30.3 Å². The minimum Gasteiger partial charge on any atom is -0.497 e. The molecular weight excluding hydrogens is 590 g/mol. The number of anilines is 1. The van der Waals surface area contributed by atoms with Gasteiger partial charge in [0.25, 0.3) is 0 Å². The minimum absolute atomic E-state index is 0.00863. The number of carbonyl (C=O) groups is 3. The van der Waals surface area contributed by atoms with Crippen molar-refractivity contribution in [3.63, 3.8) is 0 Å². The standard InChI is InChI=1S/C34H35N5O5S/c1-23(40)36-17-19-37(20-18-36)29(41)21-38-30(42)22-45-33(27-11-7-8-12-28(27)44-3)31-32(24-9-5-4-6-10-24)35-39(34(31)38)25-13-15-26(43-2)16-14-25/h4-16,33H,17-22H2,1-3H3/t33-/m1/s1. The molecule has 0 unspecified atom stereocenters. The fourth-order valence-corrected chi connectivity index (χ4v) is 7.09. The van der Waals surface area contributed by atoms with E-state index in [2.05, 4.69) is 0 Å². The van der Waals surface area contributed by atoms with Crippen LogP contribution in [-0.4, -0.2) is 90.0 Å². The number of piperazine rings is 1. The third-order valence-corrected chi connectivity index (χ3v) is 9.48. The summed E-state index contributed by atoms with van der Waals surface area (Å²) in [5.74, 6) is 1.71. The van der Waals surface area contributed by atoms with E-state index < -0.39 is 0 Å². The lowest BCUT2D eigenvalue weighted by atomic mass is 9.99. The van der Waals surface area contributed by atoms with Crippen molar-refractivity contribution in [1.29, 1.82) is 0 Å². The maximum atomic E-state index is 14.1. The first-order chi connectivity index (χ1) is 21.9. The molecule has 232 valence electrons. The number of hydrogen-bond acceptors (Lipinski definition) is 7. The Balaban J connectivity index is 1.53. The van der Waals surface area contributed by atoms with E-state index in [-0.39, 0.29) is 35.3 Å². The zero-order valence-corrected chi connectivity index (χ0v) is 26.3. The molecule has 0 N–H and O–H groups in total. The normalized spacial score (nSPS) is 16.6. The highest BCUT2D eigenvalue weighted by atomic mass is 32.2. The molecule has 3 amide bonds. The molecule has 3 aromatic carbocycles. The predicted octanol–water partition coefficient (Wildman–Crippen LogP) is 4.42. The number of carbonyl (C=O) groups excluding carboxylic acids is 3. The highest BCUT2D eigenvalue weighted by Crippen LogP contribution is 2.50. The van der Waals surface area contributed by atoms with Gasteiger partial charge in [0.1, 0.15) is 23.9 Å². The Morgan fingerprint density at radius 1 is 0.867 bits per heavy atom. The van der Waals surface area contributed by atoms with Gasteiger partial charge in [-0.3, -0.25) is 19.3 Å². The van der Waals surface area contributed by atoms with Crippen LogP contribution in [0.15, 0.2) is 78.9 Å². The van der Waals surface area contributed by atoms with Gasteiger partial charge in [-0.1, -0.05) is 48.5 Å². The first-order valence-electron chi connectivity index (χ1n) is 14.8. The van der Waals surface area contributed by atoms with Crippen molar-refractivity contribution < 1.29 is 23.9 Å². The molecule has 0 spiro atoms. The van der Waals surface area contributed by atoms with Crippen LogP contribution in [0.5, 0.6) is 11.5 Å². The lowest BCUT2D eigenvalue weighted by Crippen LogP contribution is -2.53. The van der Waals surface area contributed by atoms with Gasteiger partial charge in [0.05, 0.1) is 36.6 Å². The highest BCUT2D eigenvalue weighted by Gasteiger charge is 2.39. The Morgan fingerprint density at radius 3 is 2.20 bits per heavy atom. The van der Waals surface area contributed by atoms with E-state index in [4.69, 9.17) is 14.6 Å². The fraction of sp³-hybridized carbons (Fsp3) is 0.294. The van der Waals surface area contributed by atoms with Gasteiger partial charge in [0.2, 0.25) is 17.7 Å². The molecule has 45 heavy (non-hydrogen) atoms. The highest BCUT2D eigenvalue weighted by molar-refractivity contribution is 8.00. The molecule has 1 atom stereocenters. The summed E-state index contributed by atoms with van der Waals surface area (Å²) in [5.41, 5.74) is 4.07. The van der Waals surface area contributed by atoms with Crippen LogP contribution in [-0.2, 0) is 14.4 Å². The Hall–Kier alpha value is -4.77. The predicted molar refractivity (Wildman–Crippen MR) is 174 cm³/mol. The number of thioether (sulfide) groups is 1. The summed E-state index contributed by atoms with van der Waals surface area (Å²) in [6, 6.07) is 25.2. The van der Waals surface area contributed by atoms with Crippen molar-refractivity contribution in [3.05, 3.63) is 90.0 Å². The summed E-state index contributed by atoms with van der Waals surface area (Å²) in [6.45, 7) is 3.15. The zero-order chi connectivity index (χ0) is 31.5. The van der Waals surface area contributed by atoms with E-state index >= 15 is 0 Å². The summed E-state index contributed by atoms with van der Waals surface area (Å²) in [6.07, 6.45) is 0. The van der Waals surface area contributed by atoms with E-state index in [1.54, 1.807) is 33.6 Å². The second-order valence-electron chi connectivity index (χ2n) is 10.9. The third kappa shape index (κ3) is 6.00. The van der Waals surface area contributed by atoms with E-state index in [0.717, 1.165) is 22.4 Å². The minimum atomic E-state index is -0.318. The first kappa shape index (κ1) is 30.3. The molecule has 4 aromatic rings. The molecular formula is C34H35N5O5S.